The molecular formula is C19H21N7OS. The summed E-state index contributed by atoms with van der Waals surface area (Å²) in [5.41, 5.74) is 1.15. The Hall–Kier alpha value is -2.81. The number of nitrogens with one attached hydrogen (secondary N) is 1. The van der Waals surface area contributed by atoms with Crippen molar-refractivity contribution in [3.8, 4) is 0 Å². The van der Waals surface area contributed by atoms with Gasteiger partial charge in [-0.05, 0) is 25.5 Å². The molecule has 0 amide bonds. The average molecular weight is 395 g/mol. The summed E-state index contributed by atoms with van der Waals surface area (Å²) in [6.45, 7) is 3.22. The number of aromatic nitrogens is 3. The zero-order chi connectivity index (χ0) is 18.9. The van der Waals surface area contributed by atoms with Crippen LogP contribution in [0.2, 0.25) is 0 Å². The first kappa shape index (κ1) is 17.3. The first-order valence-corrected chi connectivity index (χ1v) is 10.3. The highest BCUT2D eigenvalue weighted by molar-refractivity contribution is 7.11. The van der Waals surface area contributed by atoms with Crippen molar-refractivity contribution in [2.45, 2.75) is 38.4 Å². The normalized spacial score (nSPS) is 25.2. The molecule has 0 aromatic carbocycles. The Bertz CT molecular complexity index is 939. The molecule has 2 aromatic rings. The quantitative estimate of drug-likeness (QED) is 0.808. The minimum absolute atomic E-state index is 0.0375. The van der Waals surface area contributed by atoms with Gasteiger partial charge in [-0.2, -0.15) is 5.10 Å². The van der Waals surface area contributed by atoms with Crippen LogP contribution in [0.4, 0.5) is 0 Å². The van der Waals surface area contributed by atoms with Gasteiger partial charge in [0.25, 0.3) is 0 Å². The maximum atomic E-state index is 6.05. The highest BCUT2D eigenvalue weighted by Crippen LogP contribution is 2.46. The maximum absolute atomic E-state index is 6.05. The Morgan fingerprint density at radius 3 is 3.11 bits per heavy atom. The van der Waals surface area contributed by atoms with Gasteiger partial charge in [0.2, 0.25) is 5.90 Å². The standard InChI is InChI=1S/C19H21N7OS/c1-12-24-25-19(28-12)10-21-17-9-18(23-16-5-7-22-26(16)17)27-11-13-8-14(13)15-4-2-3-6-20-15/h2-4,6-7,9,13-14,16,21H,5,8,10-11H2,1H3/t13-,14?,16?/m1/s1. The van der Waals surface area contributed by atoms with E-state index in [2.05, 4.69) is 36.7 Å². The topological polar surface area (TPSA) is 87.9 Å². The molecule has 0 spiro atoms. The number of fused-ring (bicyclic) bond motifs is 1. The highest BCUT2D eigenvalue weighted by atomic mass is 32.1. The van der Waals surface area contributed by atoms with E-state index in [1.807, 2.05) is 42.6 Å². The molecule has 3 aliphatic rings. The lowest BCUT2D eigenvalue weighted by molar-refractivity contribution is 0.242. The van der Waals surface area contributed by atoms with Crippen molar-refractivity contribution >= 4 is 23.4 Å². The predicted molar refractivity (Wildman–Crippen MR) is 107 cm³/mol. The van der Waals surface area contributed by atoms with Crippen LogP contribution in [0, 0.1) is 12.8 Å². The summed E-state index contributed by atoms with van der Waals surface area (Å²) in [6, 6.07) is 6.08. The van der Waals surface area contributed by atoms with E-state index in [4.69, 9.17) is 4.74 Å². The van der Waals surface area contributed by atoms with Crippen LogP contribution in [-0.4, -0.2) is 45.1 Å². The third kappa shape index (κ3) is 3.62. The Morgan fingerprint density at radius 2 is 2.29 bits per heavy atom. The number of aliphatic imine (C=N–C) groups is 1. The van der Waals surface area contributed by atoms with Gasteiger partial charge in [0.1, 0.15) is 15.8 Å². The minimum atomic E-state index is -0.0375. The van der Waals surface area contributed by atoms with Crippen molar-refractivity contribution in [2.75, 3.05) is 6.61 Å². The fourth-order valence-electron chi connectivity index (χ4n) is 3.47. The lowest BCUT2D eigenvalue weighted by Crippen LogP contribution is -2.36. The number of aryl methyl sites for hydroxylation is 1. The van der Waals surface area contributed by atoms with E-state index in [-0.39, 0.29) is 6.17 Å². The number of ether oxygens (including phenoxy) is 1. The number of hydrogen-bond acceptors (Lipinski definition) is 9. The number of nitrogens with zero attached hydrogens (tertiary/aromatic N) is 6. The average Bonchev–Trinajstić information content (AvgIpc) is 3.11. The van der Waals surface area contributed by atoms with Gasteiger partial charge in [-0.1, -0.05) is 17.4 Å². The van der Waals surface area contributed by atoms with Gasteiger partial charge in [-0.25, -0.2) is 10.0 Å². The molecule has 1 aliphatic carbocycles. The van der Waals surface area contributed by atoms with Crippen molar-refractivity contribution in [1.82, 2.24) is 25.5 Å². The Morgan fingerprint density at radius 1 is 1.32 bits per heavy atom. The lowest BCUT2D eigenvalue weighted by Gasteiger charge is -2.28. The highest BCUT2D eigenvalue weighted by Gasteiger charge is 2.40. The number of hydrazone groups is 1. The molecule has 8 nitrogen and oxygen atoms in total. The van der Waals surface area contributed by atoms with Gasteiger partial charge >= 0.3 is 0 Å². The van der Waals surface area contributed by atoms with Gasteiger partial charge in [0.05, 0.1) is 13.2 Å². The minimum Gasteiger partial charge on any atom is -0.477 e. The molecule has 2 aromatic heterocycles. The lowest BCUT2D eigenvalue weighted by atomic mass is 10.2. The third-order valence-corrected chi connectivity index (χ3v) is 5.85. The van der Waals surface area contributed by atoms with Crippen molar-refractivity contribution in [3.63, 3.8) is 0 Å². The van der Waals surface area contributed by atoms with Gasteiger partial charge in [-0.15, -0.1) is 10.2 Å². The van der Waals surface area contributed by atoms with Crippen LogP contribution in [0.5, 0.6) is 0 Å². The van der Waals surface area contributed by atoms with Crippen LogP contribution in [0.25, 0.3) is 0 Å². The van der Waals surface area contributed by atoms with Crippen LogP contribution in [0.15, 0.2) is 46.4 Å². The molecule has 0 saturated heterocycles. The molecular weight excluding hydrogens is 374 g/mol. The van der Waals surface area contributed by atoms with Gasteiger partial charge in [-0.3, -0.25) is 4.98 Å². The zero-order valence-electron chi connectivity index (χ0n) is 15.5. The van der Waals surface area contributed by atoms with E-state index in [0.717, 1.165) is 34.4 Å². The van der Waals surface area contributed by atoms with E-state index in [0.29, 0.717) is 30.9 Å². The summed E-state index contributed by atoms with van der Waals surface area (Å²) in [5.74, 6) is 2.55. The van der Waals surface area contributed by atoms with E-state index < -0.39 is 0 Å². The predicted octanol–water partition coefficient (Wildman–Crippen LogP) is 2.42. The Kier molecular flexibility index (Phi) is 4.52. The Balaban J connectivity index is 1.21. The van der Waals surface area contributed by atoms with Gasteiger partial charge in [0, 0.05) is 42.4 Å². The first-order chi connectivity index (χ1) is 13.8. The van der Waals surface area contributed by atoms with Crippen LogP contribution < -0.4 is 5.32 Å². The van der Waals surface area contributed by atoms with Gasteiger partial charge < -0.3 is 10.1 Å². The van der Waals surface area contributed by atoms with Crippen molar-refractivity contribution in [1.29, 1.82) is 0 Å². The largest absolute Gasteiger partial charge is 0.477 e. The molecule has 4 heterocycles. The van der Waals surface area contributed by atoms with E-state index in [9.17, 15) is 0 Å². The molecule has 2 unspecified atom stereocenters. The van der Waals surface area contributed by atoms with Crippen LogP contribution in [0.3, 0.4) is 0 Å². The van der Waals surface area contributed by atoms with Gasteiger partial charge in [0.15, 0.2) is 6.17 Å². The monoisotopic (exact) mass is 395 g/mol. The number of hydrogen-bond donors (Lipinski definition) is 1. The summed E-state index contributed by atoms with van der Waals surface area (Å²) < 4.78 is 6.05. The van der Waals surface area contributed by atoms with Crippen molar-refractivity contribution in [3.05, 3.63) is 52.0 Å². The fraction of sp³-hybridized carbons (Fsp3) is 0.421. The summed E-state index contributed by atoms with van der Waals surface area (Å²) in [7, 11) is 0. The molecule has 144 valence electrons. The summed E-state index contributed by atoms with van der Waals surface area (Å²) in [5, 5.41) is 19.9. The van der Waals surface area contributed by atoms with Crippen LogP contribution in [-0.2, 0) is 11.3 Å². The second-order valence-electron chi connectivity index (χ2n) is 7.09. The number of pyridine rings is 1. The zero-order valence-corrected chi connectivity index (χ0v) is 16.3. The van der Waals surface area contributed by atoms with Crippen molar-refractivity contribution in [2.24, 2.45) is 16.0 Å². The smallest absolute Gasteiger partial charge is 0.214 e. The summed E-state index contributed by atoms with van der Waals surface area (Å²) in [6.07, 6.45) is 7.53. The summed E-state index contributed by atoms with van der Waals surface area (Å²) >= 11 is 1.59. The molecule has 1 N–H and O–H groups in total. The number of rotatable bonds is 6. The first-order valence-electron chi connectivity index (χ1n) is 9.44. The summed E-state index contributed by atoms with van der Waals surface area (Å²) in [4.78, 5) is 9.14. The van der Waals surface area contributed by atoms with E-state index in [1.165, 1.54) is 0 Å². The molecule has 9 heteroatoms. The molecule has 1 saturated carbocycles. The van der Waals surface area contributed by atoms with Crippen LogP contribution >= 0.6 is 11.3 Å². The second kappa shape index (κ2) is 7.31. The Labute approximate surface area is 167 Å². The molecule has 0 radical (unpaired) electrons. The van der Waals surface area contributed by atoms with Crippen LogP contribution in [0.1, 0.15) is 34.5 Å². The molecule has 5 rings (SSSR count). The van der Waals surface area contributed by atoms with Crippen molar-refractivity contribution < 1.29 is 4.74 Å². The second-order valence-corrected chi connectivity index (χ2v) is 8.36. The van der Waals surface area contributed by atoms with E-state index in [1.54, 1.807) is 11.3 Å². The molecule has 0 bridgehead atoms. The molecule has 3 atom stereocenters. The molecule has 1 fully saturated rings. The molecule has 28 heavy (non-hydrogen) atoms. The fourth-order valence-corrected chi connectivity index (χ4v) is 4.12. The third-order valence-electron chi connectivity index (χ3n) is 5.01. The maximum Gasteiger partial charge on any atom is 0.214 e. The van der Waals surface area contributed by atoms with E-state index >= 15 is 0 Å². The molecule has 2 aliphatic heterocycles. The SMILES string of the molecule is Cc1nnc(CNC2=CC(OC[C@H]3CC3c3ccccn3)=NC3CC=NN23)s1.